The molecule has 0 aromatic carbocycles. The number of hydrogen-bond donors (Lipinski definition) is 1. The van der Waals surface area contributed by atoms with Gasteiger partial charge in [0.15, 0.2) is 0 Å². The van der Waals surface area contributed by atoms with Crippen LogP contribution in [0.1, 0.15) is 45.2 Å². The molecule has 1 saturated heterocycles. The maximum Gasteiger partial charge on any atom is 0.0565 e. The van der Waals surface area contributed by atoms with Crippen LogP contribution in [0.4, 0.5) is 0 Å². The molecule has 3 atom stereocenters. The summed E-state index contributed by atoms with van der Waals surface area (Å²) in [4.78, 5) is 0. The molecular weight excluding hydrogens is 218 g/mol. The summed E-state index contributed by atoms with van der Waals surface area (Å²) in [6.45, 7) is 6.58. The smallest absolute Gasteiger partial charge is 0.0565 e. The van der Waals surface area contributed by atoms with Gasteiger partial charge in [-0.3, -0.25) is 0 Å². The largest absolute Gasteiger partial charge is 0.375 e. The Kier molecular flexibility index (Phi) is 4.00. The molecule has 0 aliphatic carbocycles. The number of rotatable bonds is 3. The summed E-state index contributed by atoms with van der Waals surface area (Å²) in [5.74, 6) is 0. The van der Waals surface area contributed by atoms with E-state index in [9.17, 15) is 0 Å². The summed E-state index contributed by atoms with van der Waals surface area (Å²) in [5, 5.41) is 8.08. The van der Waals surface area contributed by atoms with E-state index in [1.165, 1.54) is 5.56 Å². The van der Waals surface area contributed by atoms with E-state index in [-0.39, 0.29) is 0 Å². The SMILES string of the molecule is CC1CC(NC(C)c2ccsc2)CC(C)O1. The van der Waals surface area contributed by atoms with Crippen LogP contribution in [-0.4, -0.2) is 18.2 Å². The van der Waals surface area contributed by atoms with Gasteiger partial charge < -0.3 is 10.1 Å². The van der Waals surface area contributed by atoms with Crippen LogP contribution in [0.5, 0.6) is 0 Å². The maximum atomic E-state index is 5.75. The van der Waals surface area contributed by atoms with E-state index in [0.717, 1.165) is 12.8 Å². The first-order chi connectivity index (χ1) is 7.65. The van der Waals surface area contributed by atoms with Crippen LogP contribution < -0.4 is 5.32 Å². The third-order valence-electron chi connectivity index (χ3n) is 3.23. The Balaban J connectivity index is 1.89. The first kappa shape index (κ1) is 12.1. The van der Waals surface area contributed by atoms with E-state index in [0.29, 0.717) is 24.3 Å². The second-order valence-electron chi connectivity index (χ2n) is 4.87. The van der Waals surface area contributed by atoms with Gasteiger partial charge in [0.25, 0.3) is 0 Å². The van der Waals surface area contributed by atoms with Crippen LogP contribution in [0.25, 0.3) is 0 Å². The summed E-state index contributed by atoms with van der Waals surface area (Å²) < 4.78 is 5.75. The number of thiophene rings is 1. The summed E-state index contributed by atoms with van der Waals surface area (Å²) >= 11 is 1.77. The van der Waals surface area contributed by atoms with E-state index >= 15 is 0 Å². The highest BCUT2D eigenvalue weighted by atomic mass is 32.1. The zero-order valence-corrected chi connectivity index (χ0v) is 11.1. The molecule has 2 rings (SSSR count). The van der Waals surface area contributed by atoms with Crippen molar-refractivity contribution in [3.8, 4) is 0 Å². The fourth-order valence-electron chi connectivity index (χ4n) is 2.51. The van der Waals surface area contributed by atoms with Crippen molar-refractivity contribution in [2.24, 2.45) is 0 Å². The molecule has 1 aromatic rings. The van der Waals surface area contributed by atoms with Gasteiger partial charge in [-0.2, -0.15) is 11.3 Å². The molecule has 1 N–H and O–H groups in total. The fraction of sp³-hybridized carbons (Fsp3) is 0.692. The third-order valence-corrected chi connectivity index (χ3v) is 3.93. The Morgan fingerprint density at radius 3 is 2.62 bits per heavy atom. The van der Waals surface area contributed by atoms with E-state index in [1.807, 2.05) is 0 Å². The molecule has 16 heavy (non-hydrogen) atoms. The standard InChI is InChI=1S/C13H21NOS/c1-9-6-13(7-10(2)15-9)14-11(3)12-4-5-16-8-12/h4-5,8-11,13-14H,6-7H2,1-3H3. The van der Waals surface area contributed by atoms with Gasteiger partial charge in [-0.25, -0.2) is 0 Å². The molecule has 2 nitrogen and oxygen atoms in total. The molecule has 1 aromatic heterocycles. The molecule has 0 spiro atoms. The summed E-state index contributed by atoms with van der Waals surface area (Å²) in [5.41, 5.74) is 1.40. The monoisotopic (exact) mass is 239 g/mol. The van der Waals surface area contributed by atoms with Crippen LogP contribution in [0, 0.1) is 0 Å². The van der Waals surface area contributed by atoms with Gasteiger partial charge in [0.1, 0.15) is 0 Å². The highest BCUT2D eigenvalue weighted by molar-refractivity contribution is 7.07. The second-order valence-corrected chi connectivity index (χ2v) is 5.65. The quantitative estimate of drug-likeness (QED) is 0.873. The highest BCUT2D eigenvalue weighted by Crippen LogP contribution is 2.23. The number of nitrogens with one attached hydrogen (secondary N) is 1. The number of hydrogen-bond acceptors (Lipinski definition) is 3. The zero-order valence-electron chi connectivity index (χ0n) is 10.3. The van der Waals surface area contributed by atoms with Gasteiger partial charge in [0, 0.05) is 12.1 Å². The molecule has 1 fully saturated rings. The molecule has 0 bridgehead atoms. The molecule has 0 radical (unpaired) electrons. The minimum absolute atomic E-state index is 0.385. The minimum Gasteiger partial charge on any atom is -0.375 e. The van der Waals surface area contributed by atoms with Gasteiger partial charge in [-0.15, -0.1) is 0 Å². The predicted molar refractivity (Wildman–Crippen MR) is 68.9 cm³/mol. The zero-order chi connectivity index (χ0) is 11.5. The van der Waals surface area contributed by atoms with Crippen LogP contribution in [0.15, 0.2) is 16.8 Å². The molecule has 1 aliphatic rings. The van der Waals surface area contributed by atoms with Crippen LogP contribution in [-0.2, 0) is 4.74 Å². The lowest BCUT2D eigenvalue weighted by Gasteiger charge is -2.34. The normalized spacial score (nSPS) is 32.6. The van der Waals surface area contributed by atoms with Gasteiger partial charge in [0.05, 0.1) is 12.2 Å². The highest BCUT2D eigenvalue weighted by Gasteiger charge is 2.25. The van der Waals surface area contributed by atoms with Crippen molar-refractivity contribution in [1.29, 1.82) is 0 Å². The molecular formula is C13H21NOS. The van der Waals surface area contributed by atoms with Crippen LogP contribution >= 0.6 is 11.3 Å². The third kappa shape index (κ3) is 3.06. The molecule has 1 aliphatic heterocycles. The lowest BCUT2D eigenvalue weighted by atomic mass is 9.98. The van der Waals surface area contributed by atoms with Crippen molar-refractivity contribution in [3.05, 3.63) is 22.4 Å². The maximum absolute atomic E-state index is 5.75. The van der Waals surface area contributed by atoms with E-state index < -0.39 is 0 Å². The topological polar surface area (TPSA) is 21.3 Å². The Labute approximate surface area is 102 Å². The molecule has 0 amide bonds. The minimum atomic E-state index is 0.385. The van der Waals surface area contributed by atoms with Crippen molar-refractivity contribution in [3.63, 3.8) is 0 Å². The Bertz CT molecular complexity index is 302. The summed E-state index contributed by atoms with van der Waals surface area (Å²) in [6, 6.07) is 3.25. The molecule has 3 unspecified atom stereocenters. The molecule has 2 heterocycles. The van der Waals surface area contributed by atoms with Crippen LogP contribution in [0.2, 0.25) is 0 Å². The number of ether oxygens (including phenoxy) is 1. The van der Waals surface area contributed by atoms with Crippen LogP contribution in [0.3, 0.4) is 0 Å². The van der Waals surface area contributed by atoms with E-state index in [1.54, 1.807) is 11.3 Å². The molecule has 3 heteroatoms. The Morgan fingerprint density at radius 2 is 2.06 bits per heavy atom. The predicted octanol–water partition coefficient (Wildman–Crippen LogP) is 3.35. The van der Waals surface area contributed by atoms with Crippen molar-refractivity contribution in [2.75, 3.05) is 0 Å². The van der Waals surface area contributed by atoms with Gasteiger partial charge >= 0.3 is 0 Å². The summed E-state index contributed by atoms with van der Waals surface area (Å²) in [7, 11) is 0. The molecule has 90 valence electrons. The Hall–Kier alpha value is -0.380. The van der Waals surface area contributed by atoms with Crippen molar-refractivity contribution < 1.29 is 4.74 Å². The van der Waals surface area contributed by atoms with Gasteiger partial charge in [0.2, 0.25) is 0 Å². The average molecular weight is 239 g/mol. The van der Waals surface area contributed by atoms with Gasteiger partial charge in [-0.1, -0.05) is 0 Å². The van der Waals surface area contributed by atoms with Gasteiger partial charge in [-0.05, 0) is 56.0 Å². The second kappa shape index (κ2) is 5.30. The summed E-state index contributed by atoms with van der Waals surface area (Å²) in [6.07, 6.45) is 3.02. The van der Waals surface area contributed by atoms with Crippen molar-refractivity contribution >= 4 is 11.3 Å². The average Bonchev–Trinajstić information content (AvgIpc) is 2.68. The van der Waals surface area contributed by atoms with E-state index in [2.05, 4.69) is 42.9 Å². The first-order valence-corrected chi connectivity index (χ1v) is 7.03. The van der Waals surface area contributed by atoms with Crippen molar-refractivity contribution in [2.45, 2.75) is 57.9 Å². The van der Waals surface area contributed by atoms with E-state index in [4.69, 9.17) is 4.74 Å². The lowest BCUT2D eigenvalue weighted by Crippen LogP contribution is -2.42. The fourth-order valence-corrected chi connectivity index (χ4v) is 3.27. The molecule has 0 saturated carbocycles. The van der Waals surface area contributed by atoms with Crippen molar-refractivity contribution in [1.82, 2.24) is 5.32 Å². The first-order valence-electron chi connectivity index (χ1n) is 6.08. The Morgan fingerprint density at radius 1 is 1.38 bits per heavy atom. The lowest BCUT2D eigenvalue weighted by molar-refractivity contribution is -0.0433.